The van der Waals surface area contributed by atoms with E-state index in [0.29, 0.717) is 6.61 Å². The van der Waals surface area contributed by atoms with E-state index >= 15 is 0 Å². The molecule has 2 heteroatoms. The minimum atomic E-state index is -0.0644. The Morgan fingerprint density at radius 1 is 1.11 bits per heavy atom. The van der Waals surface area contributed by atoms with Crippen LogP contribution in [0, 0.1) is 0 Å². The first-order chi connectivity index (χ1) is 9.22. The summed E-state index contributed by atoms with van der Waals surface area (Å²) in [6.45, 7) is 4.86. The van der Waals surface area contributed by atoms with Gasteiger partial charge >= 0.3 is 0 Å². The molecule has 102 valence electrons. The molecule has 2 N–H and O–H groups in total. The average Bonchev–Trinajstić information content (AvgIpc) is 2.44. The average molecular weight is 257 g/mol. The predicted octanol–water partition coefficient (Wildman–Crippen LogP) is 4.04. The molecule has 2 aromatic carbocycles. The van der Waals surface area contributed by atoms with Crippen LogP contribution in [0.25, 0.3) is 10.8 Å². The molecule has 2 aromatic rings. The molecule has 2 rings (SSSR count). The largest absolute Gasteiger partial charge is 0.377 e. The molecule has 19 heavy (non-hydrogen) atoms. The number of ether oxygens (including phenoxy) is 1. The zero-order chi connectivity index (χ0) is 13.7. The van der Waals surface area contributed by atoms with Crippen molar-refractivity contribution >= 4 is 10.8 Å². The lowest BCUT2D eigenvalue weighted by Gasteiger charge is -2.18. The van der Waals surface area contributed by atoms with Gasteiger partial charge in [0.05, 0.1) is 18.8 Å². The van der Waals surface area contributed by atoms with Crippen LogP contribution in [0.15, 0.2) is 42.5 Å². The van der Waals surface area contributed by atoms with Gasteiger partial charge in [-0.1, -0.05) is 55.8 Å². The zero-order valence-corrected chi connectivity index (χ0v) is 11.8. The fourth-order valence-electron chi connectivity index (χ4n) is 2.42. The molecule has 0 aliphatic heterocycles. The van der Waals surface area contributed by atoms with E-state index in [1.807, 2.05) is 0 Å². The Balaban J connectivity index is 2.11. The lowest BCUT2D eigenvalue weighted by atomic mass is 10.00. The first-order valence-corrected chi connectivity index (χ1v) is 7.07. The Kier molecular flexibility index (Phi) is 4.94. The van der Waals surface area contributed by atoms with Crippen molar-refractivity contribution in [1.82, 2.24) is 0 Å². The second-order valence-corrected chi connectivity index (χ2v) is 5.11. The lowest BCUT2D eigenvalue weighted by Crippen LogP contribution is -2.21. The highest BCUT2D eigenvalue weighted by Crippen LogP contribution is 2.23. The van der Waals surface area contributed by atoms with Crippen molar-refractivity contribution in [2.75, 3.05) is 6.61 Å². The molecule has 0 heterocycles. The number of hydrogen-bond donors (Lipinski definition) is 1. The van der Waals surface area contributed by atoms with E-state index in [-0.39, 0.29) is 12.1 Å². The normalized spacial score (nSPS) is 14.5. The molecule has 0 aliphatic rings. The van der Waals surface area contributed by atoms with Crippen LogP contribution in [0.2, 0.25) is 0 Å². The summed E-state index contributed by atoms with van der Waals surface area (Å²) in [7, 11) is 0. The van der Waals surface area contributed by atoms with Crippen LogP contribution in [-0.4, -0.2) is 12.7 Å². The Labute approximate surface area is 115 Å². The summed E-state index contributed by atoms with van der Waals surface area (Å²) in [6.07, 6.45) is 2.51. The number of hydrogen-bond acceptors (Lipinski definition) is 2. The summed E-state index contributed by atoms with van der Waals surface area (Å²) in [5.74, 6) is 0. The number of nitrogens with two attached hydrogens (primary N) is 1. The molecule has 2 nitrogen and oxygen atoms in total. The van der Waals surface area contributed by atoms with Crippen molar-refractivity contribution in [2.24, 2.45) is 5.73 Å². The fourth-order valence-corrected chi connectivity index (χ4v) is 2.42. The minimum Gasteiger partial charge on any atom is -0.377 e. The van der Waals surface area contributed by atoms with E-state index in [9.17, 15) is 0 Å². The Bertz CT molecular complexity index is 518. The van der Waals surface area contributed by atoms with Crippen molar-refractivity contribution < 1.29 is 4.74 Å². The van der Waals surface area contributed by atoms with Gasteiger partial charge in [-0.2, -0.15) is 0 Å². The summed E-state index contributed by atoms with van der Waals surface area (Å²) < 4.78 is 5.82. The topological polar surface area (TPSA) is 35.2 Å². The maximum atomic E-state index is 6.28. The maximum Gasteiger partial charge on any atom is 0.0663 e. The van der Waals surface area contributed by atoms with Gasteiger partial charge in [0.1, 0.15) is 0 Å². The molecule has 0 fully saturated rings. The number of benzene rings is 2. The highest BCUT2D eigenvalue weighted by atomic mass is 16.5. The van der Waals surface area contributed by atoms with E-state index in [4.69, 9.17) is 10.5 Å². The molecule has 0 aliphatic carbocycles. The van der Waals surface area contributed by atoms with Crippen molar-refractivity contribution in [3.05, 3.63) is 48.0 Å². The summed E-state index contributed by atoms with van der Waals surface area (Å²) in [4.78, 5) is 0. The van der Waals surface area contributed by atoms with Gasteiger partial charge < -0.3 is 10.5 Å². The summed E-state index contributed by atoms with van der Waals surface area (Å²) in [5.41, 5.74) is 7.45. The Hall–Kier alpha value is -1.38. The maximum absolute atomic E-state index is 6.28. The van der Waals surface area contributed by atoms with Crippen molar-refractivity contribution in [3.8, 4) is 0 Å². The van der Waals surface area contributed by atoms with Gasteiger partial charge in [0.2, 0.25) is 0 Å². The molecule has 0 saturated carbocycles. The van der Waals surface area contributed by atoms with E-state index in [1.54, 1.807) is 0 Å². The van der Waals surface area contributed by atoms with Crippen LogP contribution in [0.5, 0.6) is 0 Å². The molecule has 0 aromatic heterocycles. The van der Waals surface area contributed by atoms with Crippen molar-refractivity contribution in [2.45, 2.75) is 38.8 Å². The monoisotopic (exact) mass is 257 g/mol. The van der Waals surface area contributed by atoms with Crippen LogP contribution >= 0.6 is 0 Å². The molecular formula is C17H23NO. The molecule has 2 unspecified atom stereocenters. The summed E-state index contributed by atoms with van der Waals surface area (Å²) >= 11 is 0. The van der Waals surface area contributed by atoms with Gasteiger partial charge in [-0.3, -0.25) is 0 Å². The lowest BCUT2D eigenvalue weighted by molar-refractivity contribution is 0.0505. The molecule has 0 saturated heterocycles. The fraction of sp³-hybridized carbons (Fsp3) is 0.412. The number of rotatable bonds is 6. The van der Waals surface area contributed by atoms with Gasteiger partial charge in [-0.05, 0) is 29.7 Å². The summed E-state index contributed by atoms with van der Waals surface area (Å²) in [6, 6.07) is 14.6. The standard InChI is InChI=1S/C17H23NO/c1-3-7-13(2)19-12-17(18)16-11-6-9-14-8-4-5-10-15(14)16/h4-6,8-11,13,17H,3,7,12,18H2,1-2H3. The van der Waals surface area contributed by atoms with Gasteiger partial charge in [0.15, 0.2) is 0 Å². The third-order valence-corrected chi connectivity index (χ3v) is 3.48. The van der Waals surface area contributed by atoms with Crippen LogP contribution in [0.4, 0.5) is 0 Å². The van der Waals surface area contributed by atoms with E-state index < -0.39 is 0 Å². The van der Waals surface area contributed by atoms with Gasteiger partial charge in [0.25, 0.3) is 0 Å². The molecule has 0 bridgehead atoms. The predicted molar refractivity (Wildman–Crippen MR) is 81.2 cm³/mol. The Morgan fingerprint density at radius 2 is 1.84 bits per heavy atom. The number of fused-ring (bicyclic) bond motifs is 1. The zero-order valence-electron chi connectivity index (χ0n) is 11.8. The van der Waals surface area contributed by atoms with Crippen molar-refractivity contribution in [3.63, 3.8) is 0 Å². The van der Waals surface area contributed by atoms with Gasteiger partial charge in [0, 0.05) is 0 Å². The molecule has 0 amide bonds. The van der Waals surface area contributed by atoms with Crippen molar-refractivity contribution in [1.29, 1.82) is 0 Å². The highest BCUT2D eigenvalue weighted by molar-refractivity contribution is 5.86. The summed E-state index contributed by atoms with van der Waals surface area (Å²) in [5, 5.41) is 2.46. The highest BCUT2D eigenvalue weighted by Gasteiger charge is 2.11. The second-order valence-electron chi connectivity index (χ2n) is 5.11. The van der Waals surface area contributed by atoms with Gasteiger partial charge in [-0.15, -0.1) is 0 Å². The van der Waals surface area contributed by atoms with Crippen LogP contribution < -0.4 is 5.73 Å². The second kappa shape index (κ2) is 6.69. The molecular weight excluding hydrogens is 234 g/mol. The quantitative estimate of drug-likeness (QED) is 0.847. The van der Waals surface area contributed by atoms with Gasteiger partial charge in [-0.25, -0.2) is 0 Å². The van der Waals surface area contributed by atoms with Crippen LogP contribution in [0.3, 0.4) is 0 Å². The molecule has 0 radical (unpaired) electrons. The molecule has 0 spiro atoms. The van der Waals surface area contributed by atoms with Crippen LogP contribution in [0.1, 0.15) is 38.3 Å². The first-order valence-electron chi connectivity index (χ1n) is 7.07. The SMILES string of the molecule is CCCC(C)OCC(N)c1cccc2ccccc12. The third-order valence-electron chi connectivity index (χ3n) is 3.48. The van der Waals surface area contributed by atoms with E-state index in [0.717, 1.165) is 12.8 Å². The third kappa shape index (κ3) is 3.55. The van der Waals surface area contributed by atoms with E-state index in [1.165, 1.54) is 16.3 Å². The van der Waals surface area contributed by atoms with E-state index in [2.05, 4.69) is 56.3 Å². The Morgan fingerprint density at radius 3 is 2.63 bits per heavy atom. The van der Waals surface area contributed by atoms with Crippen LogP contribution in [-0.2, 0) is 4.74 Å². The minimum absolute atomic E-state index is 0.0644. The smallest absolute Gasteiger partial charge is 0.0663 e. The molecule has 2 atom stereocenters. The first kappa shape index (κ1) is 14.0.